The Morgan fingerprint density at radius 1 is 1.18 bits per heavy atom. The van der Waals surface area contributed by atoms with E-state index in [0.717, 1.165) is 32.7 Å². The minimum Gasteiger partial charge on any atom is -0.383 e. The fourth-order valence-corrected chi connectivity index (χ4v) is 2.32. The van der Waals surface area contributed by atoms with Crippen LogP contribution >= 0.6 is 0 Å². The van der Waals surface area contributed by atoms with Crippen molar-refractivity contribution < 1.29 is 9.53 Å². The number of hydrogen-bond donors (Lipinski definition) is 2. The monoisotopic (exact) mass is 242 g/mol. The normalized spacial score (nSPS) is 17.0. The van der Waals surface area contributed by atoms with Crippen LogP contribution in [0, 0.1) is 5.92 Å². The number of methoxy groups -OCH3 is 1. The minimum absolute atomic E-state index is 0.213. The summed E-state index contributed by atoms with van der Waals surface area (Å²) in [5, 5.41) is 6.17. The maximum atomic E-state index is 11.6. The fraction of sp³-hybridized carbons (Fsp3) is 0.923. The van der Waals surface area contributed by atoms with Crippen molar-refractivity contribution in [2.24, 2.45) is 5.92 Å². The van der Waals surface area contributed by atoms with E-state index < -0.39 is 0 Å². The Hall–Kier alpha value is -0.610. The fourth-order valence-electron chi connectivity index (χ4n) is 2.32. The first-order valence-electron chi connectivity index (χ1n) is 6.79. The molecule has 0 heterocycles. The number of carbonyl (C=O) groups is 1. The lowest BCUT2D eigenvalue weighted by atomic mass is 9.87. The summed E-state index contributed by atoms with van der Waals surface area (Å²) in [6.45, 7) is 3.10. The average Bonchev–Trinajstić information content (AvgIpc) is 2.35. The molecule has 1 saturated carbocycles. The summed E-state index contributed by atoms with van der Waals surface area (Å²) >= 11 is 0. The first-order valence-corrected chi connectivity index (χ1v) is 6.79. The van der Waals surface area contributed by atoms with Gasteiger partial charge in [0.25, 0.3) is 0 Å². The summed E-state index contributed by atoms with van der Waals surface area (Å²) in [5.74, 6) is 0.843. The van der Waals surface area contributed by atoms with Crippen molar-refractivity contribution in [3.05, 3.63) is 0 Å². The predicted molar refractivity (Wildman–Crippen MR) is 68.9 cm³/mol. The second-order valence-electron chi connectivity index (χ2n) is 4.80. The molecule has 0 aromatic rings. The number of rotatable bonds is 8. The topological polar surface area (TPSA) is 50.4 Å². The molecule has 0 radical (unpaired) electrons. The minimum atomic E-state index is 0.213. The van der Waals surface area contributed by atoms with Gasteiger partial charge in [-0.05, 0) is 18.8 Å². The van der Waals surface area contributed by atoms with Crippen LogP contribution in [0.2, 0.25) is 0 Å². The van der Waals surface area contributed by atoms with Gasteiger partial charge < -0.3 is 15.4 Å². The van der Waals surface area contributed by atoms with Gasteiger partial charge in [0, 0.05) is 33.2 Å². The highest BCUT2D eigenvalue weighted by molar-refractivity contribution is 5.76. The van der Waals surface area contributed by atoms with Crippen molar-refractivity contribution in [2.45, 2.75) is 38.5 Å². The van der Waals surface area contributed by atoms with Crippen LogP contribution < -0.4 is 10.6 Å². The highest BCUT2D eigenvalue weighted by Gasteiger charge is 2.16. The summed E-state index contributed by atoms with van der Waals surface area (Å²) in [7, 11) is 1.69. The predicted octanol–water partition coefficient (Wildman–Crippen LogP) is 1.31. The molecule has 1 fully saturated rings. The summed E-state index contributed by atoms with van der Waals surface area (Å²) < 4.78 is 4.92. The molecule has 0 saturated heterocycles. The molecule has 4 nitrogen and oxygen atoms in total. The number of carbonyl (C=O) groups excluding carboxylic acids is 1. The Morgan fingerprint density at radius 3 is 2.65 bits per heavy atom. The number of hydrogen-bond acceptors (Lipinski definition) is 3. The van der Waals surface area contributed by atoms with Crippen LogP contribution in [0.15, 0.2) is 0 Å². The molecule has 1 aliphatic rings. The average molecular weight is 242 g/mol. The largest absolute Gasteiger partial charge is 0.383 e. The Kier molecular flexibility index (Phi) is 8.01. The first kappa shape index (κ1) is 14.5. The Labute approximate surface area is 104 Å². The van der Waals surface area contributed by atoms with Crippen molar-refractivity contribution in [1.82, 2.24) is 10.6 Å². The highest BCUT2D eigenvalue weighted by atomic mass is 16.5. The van der Waals surface area contributed by atoms with Crippen molar-refractivity contribution in [3.63, 3.8) is 0 Å². The molecule has 1 amide bonds. The molecule has 0 aromatic heterocycles. The lowest BCUT2D eigenvalue weighted by Gasteiger charge is -2.20. The molecule has 100 valence electrons. The summed E-state index contributed by atoms with van der Waals surface area (Å²) in [6.07, 6.45) is 7.14. The third-order valence-corrected chi connectivity index (χ3v) is 3.31. The summed E-state index contributed by atoms with van der Waals surface area (Å²) in [4.78, 5) is 11.6. The molecule has 17 heavy (non-hydrogen) atoms. The zero-order valence-electron chi connectivity index (χ0n) is 11.0. The van der Waals surface area contributed by atoms with Crippen molar-refractivity contribution in [3.8, 4) is 0 Å². The molecule has 4 heteroatoms. The molecular formula is C13H26N2O2. The molecule has 0 unspecified atom stereocenters. The summed E-state index contributed by atoms with van der Waals surface area (Å²) in [6, 6.07) is 0. The van der Waals surface area contributed by atoms with Gasteiger partial charge in [-0.2, -0.15) is 0 Å². The molecular weight excluding hydrogens is 216 g/mol. The molecule has 1 rings (SSSR count). The third-order valence-electron chi connectivity index (χ3n) is 3.31. The van der Waals surface area contributed by atoms with Crippen LogP contribution in [0.4, 0.5) is 0 Å². The van der Waals surface area contributed by atoms with E-state index >= 15 is 0 Å². The van der Waals surface area contributed by atoms with Crippen molar-refractivity contribution in [2.75, 3.05) is 33.4 Å². The lowest BCUT2D eigenvalue weighted by Crippen LogP contribution is -2.34. The van der Waals surface area contributed by atoms with E-state index in [1.165, 1.54) is 32.1 Å². The Balaban J connectivity index is 1.93. The highest BCUT2D eigenvalue weighted by Crippen LogP contribution is 2.25. The third kappa shape index (κ3) is 7.34. The van der Waals surface area contributed by atoms with Gasteiger partial charge in [0.05, 0.1) is 6.61 Å². The van der Waals surface area contributed by atoms with Crippen LogP contribution in [0.1, 0.15) is 38.5 Å². The van der Waals surface area contributed by atoms with Crippen LogP contribution in [0.3, 0.4) is 0 Å². The van der Waals surface area contributed by atoms with E-state index in [4.69, 9.17) is 4.74 Å². The number of nitrogens with one attached hydrogen (secondary N) is 2. The summed E-state index contributed by atoms with van der Waals surface area (Å²) in [5.41, 5.74) is 0. The SMILES string of the molecule is COCCNCCNC(=O)CC1CCCCC1. The second-order valence-corrected chi connectivity index (χ2v) is 4.80. The first-order chi connectivity index (χ1) is 8.33. The zero-order chi connectivity index (χ0) is 12.3. The Morgan fingerprint density at radius 2 is 1.94 bits per heavy atom. The lowest BCUT2D eigenvalue weighted by molar-refractivity contribution is -0.122. The van der Waals surface area contributed by atoms with E-state index in [0.29, 0.717) is 5.92 Å². The van der Waals surface area contributed by atoms with Gasteiger partial charge in [-0.1, -0.05) is 19.3 Å². The van der Waals surface area contributed by atoms with Gasteiger partial charge >= 0.3 is 0 Å². The van der Waals surface area contributed by atoms with E-state index in [-0.39, 0.29) is 5.91 Å². The van der Waals surface area contributed by atoms with Gasteiger partial charge in [0.15, 0.2) is 0 Å². The quantitative estimate of drug-likeness (QED) is 0.631. The number of ether oxygens (including phenoxy) is 1. The van der Waals surface area contributed by atoms with Gasteiger partial charge in [-0.15, -0.1) is 0 Å². The molecule has 0 bridgehead atoms. The standard InChI is InChI=1S/C13H26N2O2/c1-17-10-9-14-7-8-15-13(16)11-12-5-3-2-4-6-12/h12,14H,2-11H2,1H3,(H,15,16). The van der Waals surface area contributed by atoms with Crippen molar-refractivity contribution >= 4 is 5.91 Å². The van der Waals surface area contributed by atoms with Gasteiger partial charge in [0.2, 0.25) is 5.91 Å². The zero-order valence-corrected chi connectivity index (χ0v) is 11.0. The second kappa shape index (κ2) is 9.42. The molecule has 0 spiro atoms. The maximum Gasteiger partial charge on any atom is 0.220 e. The number of amides is 1. The van der Waals surface area contributed by atoms with Gasteiger partial charge in [-0.25, -0.2) is 0 Å². The van der Waals surface area contributed by atoms with Crippen LogP contribution in [-0.2, 0) is 9.53 Å². The van der Waals surface area contributed by atoms with E-state index in [1.54, 1.807) is 7.11 Å². The molecule has 0 aliphatic heterocycles. The van der Waals surface area contributed by atoms with E-state index in [1.807, 2.05) is 0 Å². The van der Waals surface area contributed by atoms with E-state index in [2.05, 4.69) is 10.6 Å². The van der Waals surface area contributed by atoms with Gasteiger partial charge in [0.1, 0.15) is 0 Å². The molecule has 0 atom stereocenters. The van der Waals surface area contributed by atoms with Crippen LogP contribution in [-0.4, -0.2) is 39.3 Å². The molecule has 1 aliphatic carbocycles. The maximum absolute atomic E-state index is 11.6. The molecule has 2 N–H and O–H groups in total. The van der Waals surface area contributed by atoms with E-state index in [9.17, 15) is 4.79 Å². The van der Waals surface area contributed by atoms with Gasteiger partial charge in [-0.3, -0.25) is 4.79 Å². The van der Waals surface area contributed by atoms with Crippen LogP contribution in [0.5, 0.6) is 0 Å². The van der Waals surface area contributed by atoms with Crippen LogP contribution in [0.25, 0.3) is 0 Å². The van der Waals surface area contributed by atoms with Crippen molar-refractivity contribution in [1.29, 1.82) is 0 Å². The Bertz CT molecular complexity index is 204. The smallest absolute Gasteiger partial charge is 0.220 e. The molecule has 0 aromatic carbocycles.